The summed E-state index contributed by atoms with van der Waals surface area (Å²) in [7, 11) is 0. The van der Waals surface area contributed by atoms with E-state index in [4.69, 9.17) is 0 Å². The first-order valence-corrected chi connectivity index (χ1v) is 9.04. The van der Waals surface area contributed by atoms with Gasteiger partial charge in [-0.15, -0.1) is 0 Å². The summed E-state index contributed by atoms with van der Waals surface area (Å²) in [5, 5.41) is 0. The molecule has 2 aliphatic carbocycles. The molecule has 1 atom stereocenters. The van der Waals surface area contributed by atoms with Crippen molar-refractivity contribution in [3.8, 4) is 0 Å². The van der Waals surface area contributed by atoms with Crippen molar-refractivity contribution < 1.29 is 13.2 Å². The number of alkyl halides is 3. The average Bonchev–Trinajstić information content (AvgIpc) is 2.69. The third kappa shape index (κ3) is 2.42. The van der Waals surface area contributed by atoms with Crippen molar-refractivity contribution in [2.24, 2.45) is 11.8 Å². The number of halogens is 4. The lowest BCUT2D eigenvalue weighted by molar-refractivity contribution is -0.0606. The Kier molecular flexibility index (Phi) is 4.34. The summed E-state index contributed by atoms with van der Waals surface area (Å²) in [5.41, 5.74) is 0.0695. The molecule has 22 heavy (non-hydrogen) atoms. The van der Waals surface area contributed by atoms with Crippen LogP contribution in [0.1, 0.15) is 56.6 Å². The van der Waals surface area contributed by atoms with Crippen LogP contribution in [-0.4, -0.2) is 4.32 Å². The van der Waals surface area contributed by atoms with Crippen molar-refractivity contribution in [1.82, 2.24) is 0 Å². The molecule has 122 valence electrons. The summed E-state index contributed by atoms with van der Waals surface area (Å²) >= 11 is 3.39. The smallest absolute Gasteiger partial charge is 0.206 e. The maximum absolute atomic E-state index is 15.0. The fourth-order valence-electron chi connectivity index (χ4n) is 4.38. The largest absolute Gasteiger partial charge is 0.291 e. The highest BCUT2D eigenvalue weighted by Gasteiger charge is 2.63. The van der Waals surface area contributed by atoms with Gasteiger partial charge in [0.25, 0.3) is 5.92 Å². The van der Waals surface area contributed by atoms with E-state index in [-0.39, 0.29) is 17.9 Å². The molecule has 4 heteroatoms. The fourth-order valence-corrected chi connectivity index (χ4v) is 5.34. The second-order valence-corrected chi connectivity index (χ2v) is 8.31. The molecular weight excluding hydrogens is 353 g/mol. The molecule has 0 nitrogen and oxygen atoms in total. The van der Waals surface area contributed by atoms with Gasteiger partial charge in [0.15, 0.2) is 0 Å². The maximum Gasteiger partial charge on any atom is 0.291 e. The molecular formula is C18H22BrF3. The summed E-state index contributed by atoms with van der Waals surface area (Å²) in [6.45, 7) is 2.17. The van der Waals surface area contributed by atoms with Crippen LogP contribution in [0.3, 0.4) is 0 Å². The van der Waals surface area contributed by atoms with Crippen molar-refractivity contribution >= 4 is 15.9 Å². The van der Waals surface area contributed by atoms with Gasteiger partial charge in [-0.3, -0.25) is 0 Å². The van der Waals surface area contributed by atoms with Gasteiger partial charge < -0.3 is 0 Å². The van der Waals surface area contributed by atoms with E-state index in [9.17, 15) is 13.2 Å². The summed E-state index contributed by atoms with van der Waals surface area (Å²) in [6, 6.07) is 4.31. The zero-order chi connectivity index (χ0) is 16.0. The third-order valence-electron chi connectivity index (χ3n) is 5.57. The SMILES string of the molecule is CCCC1CCC(C2(Br)Cc3cccc(F)c3C2(F)F)CC1. The molecule has 0 bridgehead atoms. The highest BCUT2D eigenvalue weighted by Crippen LogP contribution is 2.60. The molecule has 0 amide bonds. The lowest BCUT2D eigenvalue weighted by Crippen LogP contribution is -2.45. The van der Waals surface area contributed by atoms with E-state index in [2.05, 4.69) is 22.9 Å². The zero-order valence-electron chi connectivity index (χ0n) is 12.8. The molecule has 1 aromatic carbocycles. The number of benzene rings is 1. The van der Waals surface area contributed by atoms with Gasteiger partial charge >= 0.3 is 0 Å². The first-order valence-electron chi connectivity index (χ1n) is 8.24. The van der Waals surface area contributed by atoms with Gasteiger partial charge in [0, 0.05) is 0 Å². The first-order chi connectivity index (χ1) is 10.4. The normalized spacial score (nSPS) is 33.7. The topological polar surface area (TPSA) is 0 Å². The van der Waals surface area contributed by atoms with Crippen LogP contribution >= 0.6 is 15.9 Å². The summed E-state index contributed by atoms with van der Waals surface area (Å²) in [6.07, 6.45) is 6.20. The van der Waals surface area contributed by atoms with E-state index in [1.165, 1.54) is 12.5 Å². The van der Waals surface area contributed by atoms with Gasteiger partial charge in [0.2, 0.25) is 0 Å². The van der Waals surface area contributed by atoms with Gasteiger partial charge in [0.1, 0.15) is 10.1 Å². The predicted molar refractivity (Wildman–Crippen MR) is 86.0 cm³/mol. The van der Waals surface area contributed by atoms with Crippen molar-refractivity contribution in [2.75, 3.05) is 0 Å². The van der Waals surface area contributed by atoms with Crippen molar-refractivity contribution in [3.63, 3.8) is 0 Å². The lowest BCUT2D eigenvalue weighted by Gasteiger charge is -2.41. The second kappa shape index (κ2) is 5.85. The minimum absolute atomic E-state index is 0.0950. The standard InChI is InChI=1S/C18H22BrF3/c1-2-4-12-7-9-14(10-8-12)17(19)11-13-5-3-6-15(20)16(13)18(17,21)22/h3,5-6,12,14H,2,4,7-11H2,1H3. The lowest BCUT2D eigenvalue weighted by atomic mass is 9.72. The molecule has 0 saturated heterocycles. The Labute approximate surface area is 138 Å². The van der Waals surface area contributed by atoms with E-state index in [1.54, 1.807) is 6.07 Å². The Morgan fingerprint density at radius 1 is 1.18 bits per heavy atom. The number of hydrogen-bond acceptors (Lipinski definition) is 0. The maximum atomic E-state index is 15.0. The fraction of sp³-hybridized carbons (Fsp3) is 0.667. The van der Waals surface area contributed by atoms with Crippen LogP contribution in [0.5, 0.6) is 0 Å². The van der Waals surface area contributed by atoms with Crippen molar-refractivity contribution in [3.05, 3.63) is 35.1 Å². The molecule has 0 N–H and O–H groups in total. The van der Waals surface area contributed by atoms with Crippen LogP contribution < -0.4 is 0 Å². The molecule has 1 fully saturated rings. The summed E-state index contributed by atoms with van der Waals surface area (Å²) in [5.74, 6) is -3.34. The Balaban J connectivity index is 1.85. The summed E-state index contributed by atoms with van der Waals surface area (Å²) < 4.78 is 42.6. The molecule has 0 aromatic heterocycles. The molecule has 2 aliphatic rings. The minimum atomic E-state index is -3.14. The van der Waals surface area contributed by atoms with Gasteiger partial charge in [-0.1, -0.05) is 60.7 Å². The zero-order valence-corrected chi connectivity index (χ0v) is 14.4. The minimum Gasteiger partial charge on any atom is -0.206 e. The quantitative estimate of drug-likeness (QED) is 0.551. The van der Waals surface area contributed by atoms with Crippen molar-refractivity contribution in [2.45, 2.75) is 62.1 Å². The summed E-state index contributed by atoms with van der Waals surface area (Å²) in [4.78, 5) is 0. The predicted octanol–water partition coefficient (Wildman–Crippen LogP) is 6.21. The Hall–Kier alpha value is -0.510. The number of fused-ring (bicyclic) bond motifs is 1. The molecule has 0 radical (unpaired) electrons. The second-order valence-electron chi connectivity index (χ2n) is 6.89. The Morgan fingerprint density at radius 3 is 2.45 bits per heavy atom. The van der Waals surface area contributed by atoms with Crippen LogP contribution in [0.25, 0.3) is 0 Å². The highest BCUT2D eigenvalue weighted by molar-refractivity contribution is 9.10. The van der Waals surface area contributed by atoms with Crippen LogP contribution in [0.15, 0.2) is 18.2 Å². The third-order valence-corrected chi connectivity index (χ3v) is 7.00. The molecule has 0 heterocycles. The van der Waals surface area contributed by atoms with Gasteiger partial charge in [-0.25, -0.2) is 4.39 Å². The van der Waals surface area contributed by atoms with E-state index in [0.29, 0.717) is 11.5 Å². The highest BCUT2D eigenvalue weighted by atomic mass is 79.9. The first kappa shape index (κ1) is 16.4. The molecule has 0 aliphatic heterocycles. The monoisotopic (exact) mass is 374 g/mol. The van der Waals surface area contributed by atoms with Crippen LogP contribution in [-0.2, 0) is 12.3 Å². The van der Waals surface area contributed by atoms with Crippen LogP contribution in [0, 0.1) is 17.7 Å². The number of rotatable bonds is 3. The Bertz CT molecular complexity index is 549. The van der Waals surface area contributed by atoms with Crippen LogP contribution in [0.2, 0.25) is 0 Å². The average molecular weight is 375 g/mol. The van der Waals surface area contributed by atoms with Crippen LogP contribution in [0.4, 0.5) is 13.2 Å². The van der Waals surface area contributed by atoms with E-state index in [1.807, 2.05) is 0 Å². The molecule has 3 rings (SSSR count). The molecule has 0 spiro atoms. The van der Waals surface area contributed by atoms with Crippen molar-refractivity contribution in [1.29, 1.82) is 0 Å². The van der Waals surface area contributed by atoms with Gasteiger partial charge in [-0.05, 0) is 42.7 Å². The van der Waals surface area contributed by atoms with E-state index < -0.39 is 16.1 Å². The molecule has 1 aromatic rings. The van der Waals surface area contributed by atoms with Gasteiger partial charge in [0.05, 0.1) is 5.56 Å². The van der Waals surface area contributed by atoms with E-state index >= 15 is 0 Å². The molecule has 1 saturated carbocycles. The van der Waals surface area contributed by atoms with E-state index in [0.717, 1.165) is 38.2 Å². The number of hydrogen-bond donors (Lipinski definition) is 0. The van der Waals surface area contributed by atoms with Gasteiger partial charge in [-0.2, -0.15) is 8.78 Å². The molecule has 1 unspecified atom stereocenters. The Morgan fingerprint density at radius 2 is 1.86 bits per heavy atom.